The van der Waals surface area contributed by atoms with Crippen molar-refractivity contribution in [3.63, 3.8) is 0 Å². The van der Waals surface area contributed by atoms with Gasteiger partial charge in [-0.1, -0.05) is 13.8 Å². The van der Waals surface area contributed by atoms with Gasteiger partial charge in [-0.05, 0) is 44.2 Å². The normalized spacial score (nSPS) is 11.1. The molecule has 1 aromatic rings. The summed E-state index contributed by atoms with van der Waals surface area (Å²) >= 11 is 0. The lowest BCUT2D eigenvalue weighted by Crippen LogP contribution is -2.33. The maximum atomic E-state index is 5.67. The van der Waals surface area contributed by atoms with Crippen molar-refractivity contribution in [3.05, 3.63) is 24.3 Å². The molecule has 0 saturated heterocycles. The van der Waals surface area contributed by atoms with Gasteiger partial charge in [-0.25, -0.2) is 0 Å². The van der Waals surface area contributed by atoms with Gasteiger partial charge in [0.05, 0.1) is 0 Å². The lowest BCUT2D eigenvalue weighted by atomic mass is 10.1. The number of likely N-dealkylation sites (N-methyl/N-ethyl adjacent to an activating group) is 1. The molecule has 0 spiro atoms. The minimum Gasteiger partial charge on any atom is -0.492 e. The van der Waals surface area contributed by atoms with E-state index in [4.69, 9.17) is 10.5 Å². The molecule has 0 aliphatic heterocycles. The Morgan fingerprint density at radius 1 is 1.18 bits per heavy atom. The van der Waals surface area contributed by atoms with Crippen LogP contribution in [0, 0.1) is 0 Å². The molecule has 0 aliphatic rings. The summed E-state index contributed by atoms with van der Waals surface area (Å²) in [7, 11) is 2.16. The predicted octanol–water partition coefficient (Wildman–Crippen LogP) is 2.77. The molecular weight excluding hydrogens is 212 g/mol. The summed E-state index contributed by atoms with van der Waals surface area (Å²) in [6.45, 7) is 6.13. The van der Waals surface area contributed by atoms with Crippen LogP contribution in [0.1, 0.15) is 26.7 Å². The highest BCUT2D eigenvalue weighted by Gasteiger charge is 2.09. The highest BCUT2D eigenvalue weighted by molar-refractivity contribution is 5.41. The van der Waals surface area contributed by atoms with Crippen LogP contribution in [0.3, 0.4) is 0 Å². The summed E-state index contributed by atoms with van der Waals surface area (Å²) in [5, 5.41) is 0. The number of anilines is 1. The highest BCUT2D eigenvalue weighted by atomic mass is 16.5. The molecule has 0 aliphatic carbocycles. The van der Waals surface area contributed by atoms with Crippen LogP contribution in [0.15, 0.2) is 24.3 Å². The summed E-state index contributed by atoms with van der Waals surface area (Å²) in [6.07, 6.45) is 2.38. The fourth-order valence-corrected chi connectivity index (χ4v) is 1.97. The zero-order valence-corrected chi connectivity index (χ0v) is 11.1. The Hall–Kier alpha value is -1.22. The van der Waals surface area contributed by atoms with E-state index in [2.05, 4.69) is 25.8 Å². The van der Waals surface area contributed by atoms with Crippen LogP contribution in [-0.2, 0) is 0 Å². The van der Waals surface area contributed by atoms with E-state index in [9.17, 15) is 0 Å². The number of nitrogen functional groups attached to an aromatic ring is 1. The zero-order valence-electron chi connectivity index (χ0n) is 11.1. The average molecular weight is 236 g/mol. The fourth-order valence-electron chi connectivity index (χ4n) is 1.97. The molecule has 0 radical (unpaired) electrons. The molecule has 3 nitrogen and oxygen atoms in total. The summed E-state index contributed by atoms with van der Waals surface area (Å²) in [4.78, 5) is 2.36. The van der Waals surface area contributed by atoms with Crippen LogP contribution >= 0.6 is 0 Å². The summed E-state index contributed by atoms with van der Waals surface area (Å²) in [5.41, 5.74) is 6.39. The van der Waals surface area contributed by atoms with E-state index in [0.29, 0.717) is 6.04 Å². The Kier molecular flexibility index (Phi) is 5.84. The zero-order chi connectivity index (χ0) is 12.7. The van der Waals surface area contributed by atoms with E-state index in [1.807, 2.05) is 24.3 Å². The second-order valence-corrected chi connectivity index (χ2v) is 4.37. The maximum Gasteiger partial charge on any atom is 0.119 e. The molecule has 0 bridgehead atoms. The molecule has 17 heavy (non-hydrogen) atoms. The number of hydrogen-bond donors (Lipinski definition) is 1. The lowest BCUT2D eigenvalue weighted by Gasteiger charge is -2.25. The monoisotopic (exact) mass is 236 g/mol. The van der Waals surface area contributed by atoms with E-state index >= 15 is 0 Å². The van der Waals surface area contributed by atoms with E-state index in [0.717, 1.165) is 24.6 Å². The average Bonchev–Trinajstić information content (AvgIpc) is 2.33. The van der Waals surface area contributed by atoms with Crippen molar-refractivity contribution in [1.29, 1.82) is 0 Å². The van der Waals surface area contributed by atoms with Gasteiger partial charge in [0.15, 0.2) is 0 Å². The van der Waals surface area contributed by atoms with Crippen molar-refractivity contribution in [2.45, 2.75) is 32.7 Å². The molecule has 0 unspecified atom stereocenters. The highest BCUT2D eigenvalue weighted by Crippen LogP contribution is 2.13. The summed E-state index contributed by atoms with van der Waals surface area (Å²) in [5.74, 6) is 0.886. The number of hydrogen-bond acceptors (Lipinski definition) is 3. The Morgan fingerprint density at radius 2 is 1.76 bits per heavy atom. The van der Waals surface area contributed by atoms with Crippen LogP contribution < -0.4 is 10.5 Å². The van der Waals surface area contributed by atoms with Crippen LogP contribution in [0.5, 0.6) is 5.75 Å². The Balaban J connectivity index is 2.30. The van der Waals surface area contributed by atoms with Gasteiger partial charge in [-0.15, -0.1) is 0 Å². The van der Waals surface area contributed by atoms with Crippen LogP contribution in [0.2, 0.25) is 0 Å². The second-order valence-electron chi connectivity index (χ2n) is 4.37. The van der Waals surface area contributed by atoms with Crippen molar-refractivity contribution >= 4 is 5.69 Å². The van der Waals surface area contributed by atoms with Gasteiger partial charge in [0.2, 0.25) is 0 Å². The van der Waals surface area contributed by atoms with Gasteiger partial charge in [-0.3, -0.25) is 0 Å². The predicted molar refractivity (Wildman–Crippen MR) is 73.3 cm³/mol. The molecule has 0 atom stereocenters. The molecule has 0 amide bonds. The number of benzene rings is 1. The Bertz CT molecular complexity index is 307. The van der Waals surface area contributed by atoms with Crippen LogP contribution in [-0.4, -0.2) is 31.1 Å². The number of nitrogens with two attached hydrogens (primary N) is 1. The quantitative estimate of drug-likeness (QED) is 0.740. The van der Waals surface area contributed by atoms with Crippen LogP contribution in [0.4, 0.5) is 5.69 Å². The van der Waals surface area contributed by atoms with Crippen molar-refractivity contribution in [1.82, 2.24) is 4.90 Å². The van der Waals surface area contributed by atoms with Crippen molar-refractivity contribution < 1.29 is 4.74 Å². The van der Waals surface area contributed by atoms with Gasteiger partial charge in [0.1, 0.15) is 12.4 Å². The van der Waals surface area contributed by atoms with Crippen LogP contribution in [0.25, 0.3) is 0 Å². The topological polar surface area (TPSA) is 38.5 Å². The Labute approximate surface area is 105 Å². The maximum absolute atomic E-state index is 5.67. The van der Waals surface area contributed by atoms with E-state index in [1.165, 1.54) is 12.8 Å². The first-order valence-electron chi connectivity index (χ1n) is 6.36. The minimum absolute atomic E-state index is 0.657. The van der Waals surface area contributed by atoms with Gasteiger partial charge in [-0.2, -0.15) is 0 Å². The summed E-state index contributed by atoms with van der Waals surface area (Å²) in [6, 6.07) is 8.20. The third-order valence-corrected chi connectivity index (χ3v) is 3.16. The van der Waals surface area contributed by atoms with Crippen molar-refractivity contribution in [2.75, 3.05) is 25.9 Å². The molecular formula is C14H24N2O. The first-order valence-corrected chi connectivity index (χ1v) is 6.36. The second kappa shape index (κ2) is 7.17. The fraction of sp³-hybridized carbons (Fsp3) is 0.571. The molecule has 0 aromatic heterocycles. The largest absolute Gasteiger partial charge is 0.492 e. The van der Waals surface area contributed by atoms with Gasteiger partial charge in [0, 0.05) is 18.3 Å². The molecule has 3 heteroatoms. The first-order chi connectivity index (χ1) is 8.17. The molecule has 0 saturated carbocycles. The Morgan fingerprint density at radius 3 is 2.29 bits per heavy atom. The number of nitrogens with zero attached hydrogens (tertiary/aromatic N) is 1. The molecule has 1 aromatic carbocycles. The number of ether oxygens (including phenoxy) is 1. The minimum atomic E-state index is 0.657. The van der Waals surface area contributed by atoms with Gasteiger partial charge < -0.3 is 15.4 Å². The molecule has 1 rings (SSSR count). The lowest BCUT2D eigenvalue weighted by molar-refractivity contribution is 0.183. The van der Waals surface area contributed by atoms with Crippen molar-refractivity contribution in [3.8, 4) is 5.75 Å². The molecule has 2 N–H and O–H groups in total. The third kappa shape index (κ3) is 4.65. The van der Waals surface area contributed by atoms with Gasteiger partial charge in [0.25, 0.3) is 0 Å². The molecule has 0 heterocycles. The first kappa shape index (κ1) is 13.8. The summed E-state index contributed by atoms with van der Waals surface area (Å²) < 4.78 is 5.67. The standard InChI is InChI=1S/C14H24N2O/c1-4-13(5-2)16(3)10-11-17-14-8-6-12(15)7-9-14/h6-9,13H,4-5,10-11,15H2,1-3H3. The van der Waals surface area contributed by atoms with E-state index in [1.54, 1.807) is 0 Å². The molecule has 96 valence electrons. The SMILES string of the molecule is CCC(CC)N(C)CCOc1ccc(N)cc1. The smallest absolute Gasteiger partial charge is 0.119 e. The van der Waals surface area contributed by atoms with Gasteiger partial charge >= 0.3 is 0 Å². The molecule has 0 fully saturated rings. The van der Waals surface area contributed by atoms with Crippen molar-refractivity contribution in [2.24, 2.45) is 0 Å². The third-order valence-electron chi connectivity index (χ3n) is 3.16. The number of rotatable bonds is 7. The van der Waals surface area contributed by atoms with E-state index < -0.39 is 0 Å². The van der Waals surface area contributed by atoms with E-state index in [-0.39, 0.29) is 0 Å².